The van der Waals surface area contributed by atoms with Gasteiger partial charge >= 0.3 is 0 Å². The highest BCUT2D eigenvalue weighted by Crippen LogP contribution is 2.25. The van der Waals surface area contributed by atoms with Crippen molar-refractivity contribution >= 4 is 11.6 Å². The van der Waals surface area contributed by atoms with Crippen LogP contribution in [0, 0.1) is 5.82 Å². The number of nitrogens with zero attached hydrogens (tertiary/aromatic N) is 2. The smallest absolute Gasteiger partial charge is 0.127 e. The van der Waals surface area contributed by atoms with Crippen LogP contribution in [0.15, 0.2) is 30.6 Å². The van der Waals surface area contributed by atoms with E-state index in [1.54, 1.807) is 18.3 Å². The van der Waals surface area contributed by atoms with Crippen LogP contribution in [0.4, 0.5) is 4.39 Å². The highest BCUT2D eigenvalue weighted by atomic mass is 35.5. The SMILES string of the molecule is CCCNC(Cc1c(F)cccc1Cl)c1nccn1C. The first kappa shape index (κ1) is 15.0. The molecular formula is C15H19ClFN3. The Bertz CT molecular complexity index is 548. The number of benzene rings is 1. The highest BCUT2D eigenvalue weighted by Gasteiger charge is 2.19. The third-order valence-electron chi connectivity index (χ3n) is 3.28. The molecular weight excluding hydrogens is 277 g/mol. The molecule has 5 heteroatoms. The summed E-state index contributed by atoms with van der Waals surface area (Å²) < 4.78 is 15.9. The van der Waals surface area contributed by atoms with Crippen molar-refractivity contribution in [2.45, 2.75) is 25.8 Å². The Hall–Kier alpha value is -1.39. The van der Waals surface area contributed by atoms with Crippen LogP contribution < -0.4 is 5.32 Å². The molecule has 3 nitrogen and oxygen atoms in total. The molecule has 0 saturated carbocycles. The van der Waals surface area contributed by atoms with Crippen molar-refractivity contribution < 1.29 is 4.39 Å². The van der Waals surface area contributed by atoms with Crippen LogP contribution >= 0.6 is 11.6 Å². The van der Waals surface area contributed by atoms with E-state index in [0.29, 0.717) is 17.0 Å². The first-order chi connectivity index (χ1) is 9.63. The number of rotatable bonds is 6. The van der Waals surface area contributed by atoms with E-state index in [0.717, 1.165) is 18.8 Å². The number of hydrogen-bond acceptors (Lipinski definition) is 2. The molecule has 1 heterocycles. The number of aromatic nitrogens is 2. The molecule has 1 aromatic carbocycles. The van der Waals surface area contributed by atoms with Crippen LogP contribution in [0.3, 0.4) is 0 Å². The van der Waals surface area contributed by atoms with E-state index in [2.05, 4.69) is 17.2 Å². The number of nitrogens with one attached hydrogen (secondary N) is 1. The van der Waals surface area contributed by atoms with E-state index >= 15 is 0 Å². The molecule has 0 aliphatic carbocycles. The van der Waals surface area contributed by atoms with Crippen molar-refractivity contribution in [3.05, 3.63) is 52.8 Å². The third-order valence-corrected chi connectivity index (χ3v) is 3.63. The summed E-state index contributed by atoms with van der Waals surface area (Å²) in [5.41, 5.74) is 0.533. The van der Waals surface area contributed by atoms with Gasteiger partial charge in [-0.05, 0) is 31.5 Å². The Balaban J connectivity index is 2.26. The maximum absolute atomic E-state index is 13.9. The van der Waals surface area contributed by atoms with Crippen LogP contribution in [0.1, 0.15) is 30.8 Å². The van der Waals surface area contributed by atoms with Gasteiger partial charge < -0.3 is 9.88 Å². The zero-order chi connectivity index (χ0) is 14.5. The van der Waals surface area contributed by atoms with Gasteiger partial charge in [-0.2, -0.15) is 0 Å². The average molecular weight is 296 g/mol. The van der Waals surface area contributed by atoms with Crippen LogP contribution in [-0.2, 0) is 13.5 Å². The molecule has 108 valence electrons. The number of imidazole rings is 1. The van der Waals surface area contributed by atoms with Gasteiger partial charge in [0.25, 0.3) is 0 Å². The Morgan fingerprint density at radius 1 is 1.45 bits per heavy atom. The van der Waals surface area contributed by atoms with Crippen molar-refractivity contribution in [1.82, 2.24) is 14.9 Å². The summed E-state index contributed by atoms with van der Waals surface area (Å²) >= 11 is 6.11. The molecule has 0 aliphatic rings. The van der Waals surface area contributed by atoms with Crippen LogP contribution in [-0.4, -0.2) is 16.1 Å². The van der Waals surface area contributed by atoms with Crippen molar-refractivity contribution in [1.29, 1.82) is 0 Å². The zero-order valence-corrected chi connectivity index (χ0v) is 12.5. The maximum Gasteiger partial charge on any atom is 0.127 e. The average Bonchev–Trinajstić information content (AvgIpc) is 2.84. The van der Waals surface area contributed by atoms with Crippen LogP contribution in [0.5, 0.6) is 0 Å². The second kappa shape index (κ2) is 6.86. The first-order valence-corrected chi connectivity index (χ1v) is 7.14. The molecule has 0 radical (unpaired) electrons. The van der Waals surface area contributed by atoms with Gasteiger partial charge in [-0.3, -0.25) is 0 Å². The van der Waals surface area contributed by atoms with Crippen LogP contribution in [0.2, 0.25) is 5.02 Å². The molecule has 0 amide bonds. The molecule has 1 aromatic heterocycles. The Kier molecular flexibility index (Phi) is 5.15. The number of halogens is 2. The van der Waals surface area contributed by atoms with Crippen molar-refractivity contribution in [2.75, 3.05) is 6.54 Å². The lowest BCUT2D eigenvalue weighted by atomic mass is 10.0. The highest BCUT2D eigenvalue weighted by molar-refractivity contribution is 6.31. The molecule has 0 aliphatic heterocycles. The predicted molar refractivity (Wildman–Crippen MR) is 79.4 cm³/mol. The normalized spacial score (nSPS) is 12.6. The van der Waals surface area contributed by atoms with Gasteiger partial charge in [-0.15, -0.1) is 0 Å². The minimum absolute atomic E-state index is 0.0515. The minimum atomic E-state index is -0.269. The summed E-state index contributed by atoms with van der Waals surface area (Å²) in [4.78, 5) is 4.36. The largest absolute Gasteiger partial charge is 0.337 e. The monoisotopic (exact) mass is 295 g/mol. The van der Waals surface area contributed by atoms with Gasteiger partial charge in [0, 0.05) is 30.0 Å². The predicted octanol–water partition coefficient (Wildman–Crippen LogP) is 3.50. The summed E-state index contributed by atoms with van der Waals surface area (Å²) in [7, 11) is 1.94. The molecule has 0 spiro atoms. The lowest BCUT2D eigenvalue weighted by Crippen LogP contribution is -2.27. The van der Waals surface area contributed by atoms with E-state index in [-0.39, 0.29) is 11.9 Å². The van der Waals surface area contributed by atoms with Crippen molar-refractivity contribution in [3.63, 3.8) is 0 Å². The molecule has 2 rings (SSSR count). The standard InChI is InChI=1S/C15H19ClFN3/c1-3-7-18-14(15-19-8-9-20(15)2)10-11-12(16)5-4-6-13(11)17/h4-6,8-9,14,18H,3,7,10H2,1-2H3. The summed E-state index contributed by atoms with van der Waals surface area (Å²) in [5.74, 6) is 0.618. The molecule has 0 bridgehead atoms. The fourth-order valence-corrected chi connectivity index (χ4v) is 2.46. The lowest BCUT2D eigenvalue weighted by molar-refractivity contribution is 0.481. The summed E-state index contributed by atoms with van der Waals surface area (Å²) in [5, 5.41) is 3.87. The number of aryl methyl sites for hydroxylation is 1. The van der Waals surface area contributed by atoms with Crippen molar-refractivity contribution in [2.24, 2.45) is 7.05 Å². The molecule has 1 N–H and O–H groups in total. The van der Waals surface area contributed by atoms with Gasteiger partial charge in [0.05, 0.1) is 6.04 Å². The molecule has 1 atom stereocenters. The fourth-order valence-electron chi connectivity index (χ4n) is 2.22. The van der Waals surface area contributed by atoms with Gasteiger partial charge in [0.2, 0.25) is 0 Å². The van der Waals surface area contributed by atoms with Gasteiger partial charge in [-0.1, -0.05) is 24.6 Å². The van der Waals surface area contributed by atoms with Gasteiger partial charge in [-0.25, -0.2) is 9.37 Å². The van der Waals surface area contributed by atoms with E-state index in [1.165, 1.54) is 6.07 Å². The molecule has 0 saturated heterocycles. The zero-order valence-electron chi connectivity index (χ0n) is 11.7. The lowest BCUT2D eigenvalue weighted by Gasteiger charge is -2.19. The summed E-state index contributed by atoms with van der Waals surface area (Å²) in [6.07, 6.45) is 5.13. The molecule has 20 heavy (non-hydrogen) atoms. The van der Waals surface area contributed by atoms with E-state index in [1.807, 2.05) is 17.8 Å². The molecule has 1 unspecified atom stereocenters. The fraction of sp³-hybridized carbons (Fsp3) is 0.400. The van der Waals surface area contributed by atoms with Gasteiger partial charge in [0.1, 0.15) is 11.6 Å². The second-order valence-corrected chi connectivity index (χ2v) is 5.21. The summed E-state index contributed by atoms with van der Waals surface area (Å²) in [6, 6.07) is 4.73. The van der Waals surface area contributed by atoms with Crippen LogP contribution in [0.25, 0.3) is 0 Å². The maximum atomic E-state index is 13.9. The van der Waals surface area contributed by atoms with E-state index in [4.69, 9.17) is 11.6 Å². The van der Waals surface area contributed by atoms with E-state index < -0.39 is 0 Å². The Labute approximate surface area is 123 Å². The quantitative estimate of drug-likeness (QED) is 0.884. The Morgan fingerprint density at radius 2 is 2.25 bits per heavy atom. The topological polar surface area (TPSA) is 29.9 Å². The van der Waals surface area contributed by atoms with Gasteiger partial charge in [0.15, 0.2) is 0 Å². The third kappa shape index (κ3) is 3.38. The second-order valence-electron chi connectivity index (χ2n) is 4.81. The van der Waals surface area contributed by atoms with Crippen molar-refractivity contribution in [3.8, 4) is 0 Å². The Morgan fingerprint density at radius 3 is 2.85 bits per heavy atom. The molecule has 0 fully saturated rings. The van der Waals surface area contributed by atoms with E-state index in [9.17, 15) is 4.39 Å². The minimum Gasteiger partial charge on any atom is -0.337 e. The summed E-state index contributed by atoms with van der Waals surface area (Å²) in [6.45, 7) is 2.95. The first-order valence-electron chi connectivity index (χ1n) is 6.77. The molecule has 2 aromatic rings. The number of hydrogen-bond donors (Lipinski definition) is 1.